The van der Waals surface area contributed by atoms with E-state index in [2.05, 4.69) is 6.92 Å². The first kappa shape index (κ1) is 13.6. The van der Waals surface area contributed by atoms with Gasteiger partial charge in [-0.1, -0.05) is 31.5 Å². The van der Waals surface area contributed by atoms with Crippen molar-refractivity contribution in [2.45, 2.75) is 36.3 Å². The molecule has 1 aromatic rings. The summed E-state index contributed by atoms with van der Waals surface area (Å²) in [7, 11) is -3.24. The maximum Gasteiger partial charge on any atom is 0.181 e. The van der Waals surface area contributed by atoms with Gasteiger partial charge >= 0.3 is 0 Å². The summed E-state index contributed by atoms with van der Waals surface area (Å²) in [6.45, 7) is 2.59. The molecule has 1 aliphatic rings. The van der Waals surface area contributed by atoms with Crippen molar-refractivity contribution >= 4 is 9.84 Å². The van der Waals surface area contributed by atoms with E-state index in [1.54, 1.807) is 24.3 Å². The van der Waals surface area contributed by atoms with Crippen LogP contribution in [0.2, 0.25) is 0 Å². The summed E-state index contributed by atoms with van der Waals surface area (Å²) in [5.41, 5.74) is 5.75. The molecular weight excluding hydrogens is 246 g/mol. The number of hydrogen-bond acceptors (Lipinski definition) is 3. The zero-order valence-corrected chi connectivity index (χ0v) is 11.6. The Morgan fingerprint density at radius 1 is 1.22 bits per heavy atom. The summed E-state index contributed by atoms with van der Waals surface area (Å²) in [6.07, 6.45) is 2.75. The quantitative estimate of drug-likeness (QED) is 0.913. The van der Waals surface area contributed by atoms with Crippen molar-refractivity contribution in [1.29, 1.82) is 0 Å². The van der Waals surface area contributed by atoms with Crippen LogP contribution >= 0.6 is 0 Å². The fraction of sp³-hybridized carbons (Fsp3) is 0.571. The van der Waals surface area contributed by atoms with Gasteiger partial charge in [0.05, 0.1) is 10.1 Å². The number of hydrogen-bond donors (Lipinski definition) is 1. The van der Waals surface area contributed by atoms with Gasteiger partial charge in [-0.05, 0) is 43.4 Å². The minimum absolute atomic E-state index is 0.103. The summed E-state index contributed by atoms with van der Waals surface area (Å²) >= 11 is 0. The topological polar surface area (TPSA) is 60.2 Å². The van der Waals surface area contributed by atoms with Gasteiger partial charge < -0.3 is 5.73 Å². The van der Waals surface area contributed by atoms with Crippen LogP contribution in [0.5, 0.6) is 0 Å². The van der Waals surface area contributed by atoms with E-state index in [9.17, 15) is 8.42 Å². The van der Waals surface area contributed by atoms with Crippen LogP contribution in [0, 0.1) is 11.8 Å². The van der Waals surface area contributed by atoms with Crippen molar-refractivity contribution in [3.63, 3.8) is 0 Å². The molecule has 0 amide bonds. The van der Waals surface area contributed by atoms with E-state index in [1.165, 1.54) is 0 Å². The molecular formula is C14H21NO2S. The van der Waals surface area contributed by atoms with Gasteiger partial charge in [-0.15, -0.1) is 0 Å². The van der Waals surface area contributed by atoms with Crippen LogP contribution < -0.4 is 5.73 Å². The molecule has 2 N–H and O–H groups in total. The molecule has 0 saturated heterocycles. The van der Waals surface area contributed by atoms with Gasteiger partial charge in [-0.25, -0.2) is 8.42 Å². The fourth-order valence-corrected chi connectivity index (χ4v) is 5.05. The highest BCUT2D eigenvalue weighted by atomic mass is 32.2. The Labute approximate surface area is 109 Å². The molecule has 0 aliphatic heterocycles. The van der Waals surface area contributed by atoms with Crippen LogP contribution in [0.4, 0.5) is 0 Å². The lowest BCUT2D eigenvalue weighted by molar-refractivity contribution is 0.296. The molecule has 1 saturated carbocycles. The molecule has 0 spiro atoms. The highest BCUT2D eigenvalue weighted by Gasteiger charge is 2.37. The Morgan fingerprint density at radius 3 is 2.50 bits per heavy atom. The second-order valence-electron chi connectivity index (χ2n) is 5.31. The number of benzene rings is 1. The first-order valence-corrected chi connectivity index (χ1v) is 8.09. The molecule has 4 heteroatoms. The Kier molecular flexibility index (Phi) is 4.07. The van der Waals surface area contributed by atoms with Crippen LogP contribution in [0.15, 0.2) is 35.2 Å². The molecule has 3 unspecified atom stereocenters. The maximum atomic E-state index is 12.6. The third-order valence-electron chi connectivity index (χ3n) is 3.96. The summed E-state index contributed by atoms with van der Waals surface area (Å²) in [5.74, 6) is 0.572. The first-order chi connectivity index (χ1) is 8.55. The normalized spacial score (nSPS) is 29.1. The average Bonchev–Trinajstić information content (AvgIpc) is 2.39. The Morgan fingerprint density at radius 2 is 1.89 bits per heavy atom. The third kappa shape index (κ3) is 2.59. The second-order valence-corrected chi connectivity index (χ2v) is 7.48. The molecule has 0 aromatic heterocycles. The zero-order valence-electron chi connectivity index (χ0n) is 10.7. The largest absolute Gasteiger partial charge is 0.330 e. The van der Waals surface area contributed by atoms with Gasteiger partial charge in [0.15, 0.2) is 9.84 Å². The lowest BCUT2D eigenvalue weighted by Crippen LogP contribution is -2.39. The van der Waals surface area contributed by atoms with Gasteiger partial charge in [-0.3, -0.25) is 0 Å². The summed E-state index contributed by atoms with van der Waals surface area (Å²) in [6, 6.07) is 8.75. The van der Waals surface area contributed by atoms with Crippen molar-refractivity contribution in [3.8, 4) is 0 Å². The van der Waals surface area contributed by atoms with Crippen LogP contribution in [0.3, 0.4) is 0 Å². The highest BCUT2D eigenvalue weighted by molar-refractivity contribution is 7.92. The third-order valence-corrected chi connectivity index (χ3v) is 6.27. The average molecular weight is 267 g/mol. The monoisotopic (exact) mass is 267 g/mol. The van der Waals surface area contributed by atoms with E-state index in [0.717, 1.165) is 19.3 Å². The molecule has 100 valence electrons. The molecule has 1 fully saturated rings. The van der Waals surface area contributed by atoms with Crippen molar-refractivity contribution in [3.05, 3.63) is 30.3 Å². The molecule has 18 heavy (non-hydrogen) atoms. The maximum absolute atomic E-state index is 12.6. The number of nitrogens with two attached hydrogens (primary N) is 1. The van der Waals surface area contributed by atoms with E-state index in [1.807, 2.05) is 6.07 Å². The molecule has 2 rings (SSSR count). The second kappa shape index (κ2) is 5.41. The molecule has 3 atom stereocenters. The van der Waals surface area contributed by atoms with Gasteiger partial charge in [0.2, 0.25) is 0 Å². The predicted molar refractivity (Wildman–Crippen MR) is 73.0 cm³/mol. The van der Waals surface area contributed by atoms with Gasteiger partial charge in [0, 0.05) is 0 Å². The molecule has 0 radical (unpaired) electrons. The minimum atomic E-state index is -3.24. The first-order valence-electron chi connectivity index (χ1n) is 6.54. The fourth-order valence-electron chi connectivity index (χ4n) is 2.83. The van der Waals surface area contributed by atoms with Gasteiger partial charge in [-0.2, -0.15) is 0 Å². The van der Waals surface area contributed by atoms with Crippen LogP contribution in [-0.4, -0.2) is 20.2 Å². The summed E-state index contributed by atoms with van der Waals surface area (Å²) in [4.78, 5) is 0.433. The highest BCUT2D eigenvalue weighted by Crippen LogP contribution is 2.35. The van der Waals surface area contributed by atoms with E-state index < -0.39 is 9.84 Å². The van der Waals surface area contributed by atoms with Crippen molar-refractivity contribution in [2.75, 3.05) is 6.54 Å². The van der Waals surface area contributed by atoms with E-state index in [-0.39, 0.29) is 11.2 Å². The molecule has 1 aliphatic carbocycles. The SMILES string of the molecule is CC1CCC(CN)C(S(=O)(=O)c2ccccc2)C1. The predicted octanol–water partition coefficient (Wildman–Crippen LogP) is 2.22. The van der Waals surface area contributed by atoms with E-state index in [4.69, 9.17) is 5.73 Å². The van der Waals surface area contributed by atoms with Gasteiger partial charge in [0.25, 0.3) is 0 Å². The Hall–Kier alpha value is -0.870. The molecule has 0 bridgehead atoms. The molecule has 3 nitrogen and oxygen atoms in total. The van der Waals surface area contributed by atoms with Crippen LogP contribution in [0.25, 0.3) is 0 Å². The van der Waals surface area contributed by atoms with Gasteiger partial charge in [0.1, 0.15) is 0 Å². The number of rotatable bonds is 3. The van der Waals surface area contributed by atoms with E-state index in [0.29, 0.717) is 17.4 Å². The van der Waals surface area contributed by atoms with E-state index >= 15 is 0 Å². The number of sulfone groups is 1. The zero-order chi connectivity index (χ0) is 13.2. The lowest BCUT2D eigenvalue weighted by atomic mass is 9.82. The Balaban J connectivity index is 2.33. The summed E-state index contributed by atoms with van der Waals surface area (Å²) < 4.78 is 25.3. The van der Waals surface area contributed by atoms with Crippen LogP contribution in [0.1, 0.15) is 26.2 Å². The van der Waals surface area contributed by atoms with Crippen molar-refractivity contribution < 1.29 is 8.42 Å². The Bertz CT molecular complexity index is 484. The smallest absolute Gasteiger partial charge is 0.181 e. The minimum Gasteiger partial charge on any atom is -0.330 e. The molecule has 0 heterocycles. The summed E-state index contributed by atoms with van der Waals surface area (Å²) in [5, 5.41) is -0.311. The lowest BCUT2D eigenvalue weighted by Gasteiger charge is -2.33. The van der Waals surface area contributed by atoms with Crippen molar-refractivity contribution in [2.24, 2.45) is 17.6 Å². The molecule has 1 aromatic carbocycles. The van der Waals surface area contributed by atoms with Crippen molar-refractivity contribution in [1.82, 2.24) is 0 Å². The van der Waals surface area contributed by atoms with Crippen LogP contribution in [-0.2, 0) is 9.84 Å². The standard InChI is InChI=1S/C14H21NO2S/c1-11-7-8-12(10-15)14(9-11)18(16,17)13-5-3-2-4-6-13/h2-6,11-12,14H,7-10,15H2,1H3.